The number of carbonyl (C=O) groups is 1. The van der Waals surface area contributed by atoms with Crippen LogP contribution in [0.25, 0.3) is 11.4 Å². The van der Waals surface area contributed by atoms with Crippen molar-refractivity contribution in [3.63, 3.8) is 0 Å². The van der Waals surface area contributed by atoms with E-state index in [9.17, 15) is 19.3 Å². The average Bonchev–Trinajstić information content (AvgIpc) is 3.27. The number of H-pyrrole nitrogens is 1. The van der Waals surface area contributed by atoms with E-state index in [4.69, 9.17) is 0 Å². The first-order valence-electron chi connectivity index (χ1n) is 9.58. The third-order valence-electron chi connectivity index (χ3n) is 4.98. The molecule has 1 aliphatic rings. The topological polar surface area (TPSA) is 108 Å². The molecule has 9 nitrogen and oxygen atoms in total. The number of aromatic nitrogens is 3. The fourth-order valence-electron chi connectivity index (χ4n) is 3.30. The Morgan fingerprint density at radius 2 is 1.84 bits per heavy atom. The molecule has 0 radical (unpaired) electrons. The van der Waals surface area contributed by atoms with Crippen LogP contribution >= 0.6 is 11.8 Å². The Kier molecular flexibility index (Phi) is 6.12. The van der Waals surface area contributed by atoms with Crippen LogP contribution in [-0.2, 0) is 4.79 Å². The maximum Gasteiger partial charge on any atom is 0.269 e. The van der Waals surface area contributed by atoms with Gasteiger partial charge < -0.3 is 9.80 Å². The van der Waals surface area contributed by atoms with Gasteiger partial charge in [-0.25, -0.2) is 9.37 Å². The van der Waals surface area contributed by atoms with Crippen LogP contribution in [0.15, 0.2) is 53.7 Å². The van der Waals surface area contributed by atoms with Crippen molar-refractivity contribution in [2.45, 2.75) is 5.16 Å². The summed E-state index contributed by atoms with van der Waals surface area (Å²) < 4.78 is 13.9. The molecule has 0 atom stereocenters. The Morgan fingerprint density at radius 3 is 2.52 bits per heavy atom. The van der Waals surface area contributed by atoms with Gasteiger partial charge in [0.25, 0.3) is 5.69 Å². The Morgan fingerprint density at radius 1 is 1.13 bits per heavy atom. The predicted molar refractivity (Wildman–Crippen MR) is 114 cm³/mol. The lowest BCUT2D eigenvalue weighted by Gasteiger charge is -2.36. The lowest BCUT2D eigenvalue weighted by Crippen LogP contribution is -2.49. The normalized spacial score (nSPS) is 14.0. The van der Waals surface area contributed by atoms with Gasteiger partial charge in [-0.2, -0.15) is 0 Å². The summed E-state index contributed by atoms with van der Waals surface area (Å²) in [4.78, 5) is 31.0. The molecule has 1 saturated heterocycles. The second-order valence-corrected chi connectivity index (χ2v) is 7.82. The summed E-state index contributed by atoms with van der Waals surface area (Å²) in [5.74, 6) is 0.0963. The molecular formula is C20H19FN6O3S. The van der Waals surface area contributed by atoms with Crippen LogP contribution in [0.5, 0.6) is 0 Å². The van der Waals surface area contributed by atoms with Crippen molar-refractivity contribution in [1.29, 1.82) is 0 Å². The van der Waals surface area contributed by atoms with Crippen molar-refractivity contribution >= 4 is 29.0 Å². The lowest BCUT2D eigenvalue weighted by atomic mass is 10.2. The first kappa shape index (κ1) is 20.8. The molecule has 0 aliphatic carbocycles. The van der Waals surface area contributed by atoms with Gasteiger partial charge in [-0.05, 0) is 24.3 Å². The average molecular weight is 442 g/mol. The molecule has 2 aromatic carbocycles. The van der Waals surface area contributed by atoms with Crippen molar-refractivity contribution in [3.05, 3.63) is 64.5 Å². The standard InChI is InChI=1S/C20H19FN6O3S/c21-17-4-2-1-3-16(17)19-22-20(24-23-19)31-13-18(28)26-11-9-25(10-12-26)14-5-7-15(8-6-14)27(29)30/h1-8H,9-13H2,(H,22,23,24). The summed E-state index contributed by atoms with van der Waals surface area (Å²) in [6.45, 7) is 2.41. The van der Waals surface area contributed by atoms with E-state index in [0.29, 0.717) is 42.7 Å². The highest BCUT2D eigenvalue weighted by Gasteiger charge is 2.22. The molecule has 1 N–H and O–H groups in total. The highest BCUT2D eigenvalue weighted by molar-refractivity contribution is 7.99. The fourth-order valence-corrected chi connectivity index (χ4v) is 4.00. The molecule has 11 heteroatoms. The van der Waals surface area contributed by atoms with Crippen molar-refractivity contribution in [1.82, 2.24) is 20.1 Å². The molecule has 1 fully saturated rings. The summed E-state index contributed by atoms with van der Waals surface area (Å²) >= 11 is 1.20. The number of carbonyl (C=O) groups excluding carboxylic acids is 1. The number of nitro benzene ring substituents is 1. The molecule has 2 heterocycles. The molecule has 4 rings (SSSR count). The van der Waals surface area contributed by atoms with Gasteiger partial charge in [0.1, 0.15) is 5.82 Å². The third-order valence-corrected chi connectivity index (χ3v) is 5.81. The van der Waals surface area contributed by atoms with E-state index in [1.807, 2.05) is 0 Å². The molecule has 0 saturated carbocycles. The van der Waals surface area contributed by atoms with Crippen molar-refractivity contribution in [3.8, 4) is 11.4 Å². The summed E-state index contributed by atoms with van der Waals surface area (Å²) in [5.41, 5.74) is 1.28. The number of hydrogen-bond donors (Lipinski definition) is 1. The zero-order chi connectivity index (χ0) is 21.8. The Labute approximate surface area is 181 Å². The molecule has 0 spiro atoms. The van der Waals surface area contributed by atoms with E-state index in [1.165, 1.54) is 30.0 Å². The SMILES string of the molecule is O=C(CSc1n[nH]c(-c2ccccc2F)n1)N1CCN(c2ccc([N+](=O)[O-])cc2)CC1. The van der Waals surface area contributed by atoms with Crippen molar-refractivity contribution in [2.24, 2.45) is 0 Å². The highest BCUT2D eigenvalue weighted by Crippen LogP contribution is 2.23. The molecule has 31 heavy (non-hydrogen) atoms. The van der Waals surface area contributed by atoms with E-state index in [0.717, 1.165) is 5.69 Å². The molecule has 0 unspecified atom stereocenters. The minimum atomic E-state index is -0.425. The number of halogens is 1. The summed E-state index contributed by atoms with van der Waals surface area (Å²) in [6.07, 6.45) is 0. The van der Waals surface area contributed by atoms with E-state index in [1.54, 1.807) is 35.2 Å². The molecule has 1 amide bonds. The van der Waals surface area contributed by atoms with Crippen LogP contribution in [0, 0.1) is 15.9 Å². The molecule has 1 aliphatic heterocycles. The van der Waals surface area contributed by atoms with Crippen LogP contribution in [0.4, 0.5) is 15.8 Å². The summed E-state index contributed by atoms with van der Waals surface area (Å²) in [5, 5.41) is 17.9. The first-order chi connectivity index (χ1) is 15.0. The summed E-state index contributed by atoms with van der Waals surface area (Å²) in [7, 11) is 0. The number of nitrogens with zero attached hydrogens (tertiary/aromatic N) is 5. The molecule has 0 bridgehead atoms. The number of nitrogens with one attached hydrogen (secondary N) is 1. The van der Waals surface area contributed by atoms with Gasteiger partial charge in [0.15, 0.2) is 5.82 Å². The second-order valence-electron chi connectivity index (χ2n) is 6.88. The number of aromatic amines is 1. The number of rotatable bonds is 6. The number of nitro groups is 1. The largest absolute Gasteiger partial charge is 0.368 e. The Hall–Kier alpha value is -3.47. The molecule has 3 aromatic rings. The van der Waals surface area contributed by atoms with Crippen molar-refractivity contribution in [2.75, 3.05) is 36.8 Å². The van der Waals surface area contributed by atoms with E-state index in [2.05, 4.69) is 20.1 Å². The monoisotopic (exact) mass is 442 g/mol. The van der Waals surface area contributed by atoms with Crippen LogP contribution in [0.1, 0.15) is 0 Å². The van der Waals surface area contributed by atoms with E-state index in [-0.39, 0.29) is 17.3 Å². The second kappa shape index (κ2) is 9.13. The highest BCUT2D eigenvalue weighted by atomic mass is 32.2. The Balaban J connectivity index is 1.28. The number of non-ortho nitro benzene ring substituents is 1. The van der Waals surface area contributed by atoms with Gasteiger partial charge in [-0.3, -0.25) is 20.0 Å². The van der Waals surface area contributed by atoms with Gasteiger partial charge >= 0.3 is 0 Å². The van der Waals surface area contributed by atoms with Crippen LogP contribution in [-0.4, -0.2) is 62.8 Å². The molecule has 160 valence electrons. The zero-order valence-corrected chi connectivity index (χ0v) is 17.2. The molecule has 1 aromatic heterocycles. The Bertz CT molecular complexity index is 1080. The first-order valence-corrected chi connectivity index (χ1v) is 10.6. The van der Waals surface area contributed by atoms with Gasteiger partial charge in [-0.1, -0.05) is 23.9 Å². The smallest absolute Gasteiger partial charge is 0.269 e. The van der Waals surface area contributed by atoms with E-state index >= 15 is 0 Å². The quantitative estimate of drug-likeness (QED) is 0.355. The van der Waals surface area contributed by atoms with E-state index < -0.39 is 10.7 Å². The number of benzene rings is 2. The van der Waals surface area contributed by atoms with Crippen LogP contribution in [0.3, 0.4) is 0 Å². The minimum absolute atomic E-state index is 0.0226. The third kappa shape index (κ3) is 4.82. The number of amides is 1. The summed E-state index contributed by atoms with van der Waals surface area (Å²) in [6, 6.07) is 12.7. The predicted octanol–water partition coefficient (Wildman–Crippen LogP) is 2.96. The van der Waals surface area contributed by atoms with Gasteiger partial charge in [-0.15, -0.1) is 5.10 Å². The zero-order valence-electron chi connectivity index (χ0n) is 16.4. The van der Waals surface area contributed by atoms with Gasteiger partial charge in [0.05, 0.1) is 16.2 Å². The van der Waals surface area contributed by atoms with Crippen molar-refractivity contribution < 1.29 is 14.1 Å². The number of piperazine rings is 1. The minimum Gasteiger partial charge on any atom is -0.368 e. The van der Waals surface area contributed by atoms with Gasteiger partial charge in [0.2, 0.25) is 11.1 Å². The fraction of sp³-hybridized carbons (Fsp3) is 0.250. The number of anilines is 1. The van der Waals surface area contributed by atoms with Gasteiger partial charge in [0, 0.05) is 44.0 Å². The maximum absolute atomic E-state index is 13.9. The molecular weight excluding hydrogens is 423 g/mol. The maximum atomic E-state index is 13.9. The number of hydrogen-bond acceptors (Lipinski definition) is 7. The van der Waals surface area contributed by atoms with Crippen LogP contribution in [0.2, 0.25) is 0 Å². The van der Waals surface area contributed by atoms with Crippen LogP contribution < -0.4 is 4.90 Å². The number of thioether (sulfide) groups is 1. The lowest BCUT2D eigenvalue weighted by molar-refractivity contribution is -0.384.